The van der Waals surface area contributed by atoms with Crippen LogP contribution in [0.15, 0.2) is 72.8 Å². The number of nitrogens with one attached hydrogen (secondary N) is 1. The van der Waals surface area contributed by atoms with Gasteiger partial charge in [-0.15, -0.1) is 0 Å². The smallest absolute Gasteiger partial charge is 0.184 e. The van der Waals surface area contributed by atoms with Crippen molar-refractivity contribution in [1.82, 2.24) is 4.90 Å². The first-order valence-electron chi connectivity index (χ1n) is 13.4. The Kier molecular flexibility index (Phi) is 7.01. The largest absolute Gasteiger partial charge is 0.486 e. The van der Waals surface area contributed by atoms with Crippen LogP contribution in [-0.4, -0.2) is 62.2 Å². The average molecular weight is 514 g/mol. The highest BCUT2D eigenvalue weighted by Crippen LogP contribution is 2.40. The Hall–Kier alpha value is -3.84. The van der Waals surface area contributed by atoms with Crippen molar-refractivity contribution in [1.29, 1.82) is 0 Å². The van der Waals surface area contributed by atoms with E-state index in [-0.39, 0.29) is 23.7 Å². The summed E-state index contributed by atoms with van der Waals surface area (Å²) in [5.41, 5.74) is 4.25. The highest BCUT2D eigenvalue weighted by molar-refractivity contribution is 5.98. The first kappa shape index (κ1) is 24.5. The van der Waals surface area contributed by atoms with Crippen LogP contribution in [0.25, 0.3) is 6.08 Å². The van der Waals surface area contributed by atoms with Gasteiger partial charge in [0.15, 0.2) is 17.3 Å². The fourth-order valence-electron chi connectivity index (χ4n) is 5.73. The molecule has 2 unspecified atom stereocenters. The number of para-hydroxylation sites is 2. The lowest BCUT2D eigenvalue weighted by Gasteiger charge is -2.43. The summed E-state index contributed by atoms with van der Waals surface area (Å²) in [6.07, 6.45) is 5.27. The van der Waals surface area contributed by atoms with Gasteiger partial charge in [0.2, 0.25) is 0 Å². The Balaban J connectivity index is 1.21. The summed E-state index contributed by atoms with van der Waals surface area (Å²) < 4.78 is 25.1. The van der Waals surface area contributed by atoms with E-state index in [1.807, 2.05) is 18.2 Å². The van der Waals surface area contributed by atoms with E-state index in [0.29, 0.717) is 13.2 Å². The zero-order chi connectivity index (χ0) is 25.9. The van der Waals surface area contributed by atoms with Crippen LogP contribution in [0.5, 0.6) is 11.5 Å². The summed E-state index contributed by atoms with van der Waals surface area (Å²) in [5.74, 6) is 1.38. The second-order valence-electron chi connectivity index (χ2n) is 10.0. The van der Waals surface area contributed by atoms with Crippen molar-refractivity contribution in [3.63, 3.8) is 0 Å². The number of rotatable bonds is 6. The van der Waals surface area contributed by atoms with Crippen molar-refractivity contribution >= 4 is 23.2 Å². The van der Waals surface area contributed by atoms with Crippen molar-refractivity contribution in [2.45, 2.75) is 24.9 Å². The topological polar surface area (TPSA) is 54.0 Å². The maximum atomic E-state index is 13.7. The van der Waals surface area contributed by atoms with E-state index < -0.39 is 0 Å². The molecule has 1 N–H and O–H groups in total. The van der Waals surface area contributed by atoms with Gasteiger partial charge in [0.25, 0.3) is 0 Å². The second-order valence-corrected chi connectivity index (χ2v) is 10.0. The summed E-state index contributed by atoms with van der Waals surface area (Å²) in [6.45, 7) is 4.20. The molecule has 3 aliphatic heterocycles. The van der Waals surface area contributed by atoms with E-state index in [9.17, 15) is 9.18 Å². The lowest BCUT2D eigenvalue weighted by molar-refractivity contribution is -0.120. The Bertz CT molecular complexity index is 1320. The molecule has 0 saturated carbocycles. The first-order chi connectivity index (χ1) is 18.7. The van der Waals surface area contributed by atoms with E-state index >= 15 is 0 Å². The lowest BCUT2D eigenvalue weighted by atomic mass is 9.90. The van der Waals surface area contributed by atoms with Gasteiger partial charge in [0.1, 0.15) is 19.0 Å². The minimum Gasteiger partial charge on any atom is -0.486 e. The molecule has 38 heavy (non-hydrogen) atoms. The van der Waals surface area contributed by atoms with Crippen LogP contribution in [0.1, 0.15) is 17.5 Å². The van der Waals surface area contributed by atoms with Crippen LogP contribution in [0.4, 0.5) is 15.8 Å². The van der Waals surface area contributed by atoms with Crippen LogP contribution in [0.2, 0.25) is 0 Å². The standard InChI is InChI=1S/C31H32FN3O3/c32-24-12-8-22(9-13-24)10-15-28(36)30(26-14-11-23-4-1-2-5-25(23)33-26)35-18-16-34(17-19-35)27-6-3-7-29-31(27)38-21-20-37-29/h1-10,12-13,15,26,30,33H,11,14,16-21H2. The highest BCUT2D eigenvalue weighted by atomic mass is 19.1. The van der Waals surface area contributed by atoms with Gasteiger partial charge >= 0.3 is 0 Å². The van der Waals surface area contributed by atoms with E-state index in [1.165, 1.54) is 17.7 Å². The Morgan fingerprint density at radius 3 is 2.58 bits per heavy atom. The van der Waals surface area contributed by atoms with E-state index in [1.54, 1.807) is 24.3 Å². The van der Waals surface area contributed by atoms with Crippen LogP contribution in [0.3, 0.4) is 0 Å². The SMILES string of the molecule is O=C(C=Cc1ccc(F)cc1)C(C1CCc2ccccc2N1)N1CCN(c2cccc3c2OCCO3)CC1. The Morgan fingerprint density at radius 2 is 1.74 bits per heavy atom. The number of fused-ring (bicyclic) bond motifs is 2. The molecule has 7 heteroatoms. The summed E-state index contributed by atoms with van der Waals surface area (Å²) >= 11 is 0. The van der Waals surface area contributed by atoms with Gasteiger partial charge < -0.3 is 19.7 Å². The van der Waals surface area contributed by atoms with Crippen LogP contribution in [0, 0.1) is 5.82 Å². The summed E-state index contributed by atoms with van der Waals surface area (Å²) in [6, 6.07) is 20.3. The molecule has 6 rings (SSSR count). The quantitative estimate of drug-likeness (QED) is 0.478. The molecule has 0 aromatic heterocycles. The van der Waals surface area contributed by atoms with Crippen molar-refractivity contribution in [2.24, 2.45) is 0 Å². The number of nitrogens with zero attached hydrogens (tertiary/aromatic N) is 2. The predicted molar refractivity (Wildman–Crippen MR) is 148 cm³/mol. The normalized spacial score (nSPS) is 20.0. The number of ether oxygens (including phenoxy) is 2. The van der Waals surface area contributed by atoms with E-state index in [2.05, 4.69) is 39.4 Å². The molecule has 1 saturated heterocycles. The third-order valence-corrected chi connectivity index (χ3v) is 7.66. The Labute approximate surface area is 222 Å². The number of piperazine rings is 1. The van der Waals surface area contributed by atoms with Gasteiger partial charge in [-0.1, -0.05) is 42.5 Å². The fraction of sp³-hybridized carbons (Fsp3) is 0.323. The number of aryl methyl sites for hydroxylation is 1. The maximum absolute atomic E-state index is 13.7. The number of benzene rings is 3. The highest BCUT2D eigenvalue weighted by Gasteiger charge is 2.36. The zero-order valence-electron chi connectivity index (χ0n) is 21.3. The van der Waals surface area contributed by atoms with Gasteiger partial charge in [-0.05, 0) is 60.4 Å². The Morgan fingerprint density at radius 1 is 0.947 bits per heavy atom. The molecule has 0 spiro atoms. The summed E-state index contributed by atoms with van der Waals surface area (Å²) in [7, 11) is 0. The van der Waals surface area contributed by atoms with Crippen LogP contribution in [-0.2, 0) is 11.2 Å². The molecule has 2 atom stereocenters. The average Bonchev–Trinajstić information content (AvgIpc) is 2.97. The maximum Gasteiger partial charge on any atom is 0.184 e. The van der Waals surface area contributed by atoms with Crippen molar-refractivity contribution in [3.8, 4) is 11.5 Å². The number of anilines is 2. The summed E-state index contributed by atoms with van der Waals surface area (Å²) in [4.78, 5) is 18.4. The molecule has 3 heterocycles. The number of hydrogen-bond acceptors (Lipinski definition) is 6. The summed E-state index contributed by atoms with van der Waals surface area (Å²) in [5, 5.41) is 3.67. The third kappa shape index (κ3) is 5.11. The van der Waals surface area contributed by atoms with Gasteiger partial charge in [-0.25, -0.2) is 4.39 Å². The first-order valence-corrected chi connectivity index (χ1v) is 13.4. The fourth-order valence-corrected chi connectivity index (χ4v) is 5.73. The lowest BCUT2D eigenvalue weighted by Crippen LogP contribution is -2.58. The molecular weight excluding hydrogens is 481 g/mol. The van der Waals surface area contributed by atoms with Crippen LogP contribution < -0.4 is 19.7 Å². The second kappa shape index (κ2) is 10.9. The van der Waals surface area contributed by atoms with E-state index in [0.717, 1.165) is 67.5 Å². The van der Waals surface area contributed by atoms with Gasteiger partial charge in [-0.3, -0.25) is 9.69 Å². The molecule has 3 aromatic rings. The molecule has 0 aliphatic carbocycles. The monoisotopic (exact) mass is 513 g/mol. The van der Waals surface area contributed by atoms with Crippen molar-refractivity contribution in [3.05, 3.63) is 89.8 Å². The minimum atomic E-state index is -0.300. The molecule has 3 aromatic carbocycles. The molecule has 0 radical (unpaired) electrons. The third-order valence-electron chi connectivity index (χ3n) is 7.66. The predicted octanol–water partition coefficient (Wildman–Crippen LogP) is 4.80. The minimum absolute atomic E-state index is 0.00281. The van der Waals surface area contributed by atoms with Crippen molar-refractivity contribution < 1.29 is 18.7 Å². The van der Waals surface area contributed by atoms with Crippen LogP contribution >= 0.6 is 0 Å². The molecular formula is C31H32FN3O3. The molecule has 1 fully saturated rings. The number of carbonyl (C=O) groups is 1. The number of hydrogen-bond donors (Lipinski definition) is 1. The molecule has 0 amide bonds. The molecule has 3 aliphatic rings. The molecule has 196 valence electrons. The van der Waals surface area contributed by atoms with Gasteiger partial charge in [-0.2, -0.15) is 0 Å². The molecule has 6 nitrogen and oxygen atoms in total. The molecule has 0 bridgehead atoms. The van der Waals surface area contributed by atoms with Gasteiger partial charge in [0, 0.05) is 37.9 Å². The van der Waals surface area contributed by atoms with Crippen molar-refractivity contribution in [2.75, 3.05) is 49.6 Å². The number of carbonyl (C=O) groups excluding carboxylic acids is 1. The zero-order valence-corrected chi connectivity index (χ0v) is 21.3. The number of ketones is 1. The van der Waals surface area contributed by atoms with Gasteiger partial charge in [0.05, 0.1) is 11.7 Å². The van der Waals surface area contributed by atoms with E-state index in [4.69, 9.17) is 9.47 Å². The number of halogens is 1.